The molecule has 1 saturated carbocycles. The van der Waals surface area contributed by atoms with Crippen molar-refractivity contribution in [3.8, 4) is 11.8 Å². The van der Waals surface area contributed by atoms with Crippen molar-refractivity contribution in [1.82, 2.24) is 0 Å². The molecule has 1 aliphatic rings. The number of aliphatic hydroxyl groups excluding tert-OH is 1. The predicted molar refractivity (Wildman–Crippen MR) is 75.7 cm³/mol. The molecule has 1 fully saturated rings. The van der Waals surface area contributed by atoms with E-state index in [1.807, 2.05) is 25.1 Å². The zero-order valence-corrected chi connectivity index (χ0v) is 11.2. The van der Waals surface area contributed by atoms with Crippen molar-refractivity contribution in [2.24, 2.45) is 5.92 Å². The first-order chi connectivity index (χ1) is 9.20. The van der Waals surface area contributed by atoms with Crippen LogP contribution in [0.2, 0.25) is 0 Å². The van der Waals surface area contributed by atoms with Gasteiger partial charge < -0.3 is 10.4 Å². The second-order valence-electron chi connectivity index (χ2n) is 4.92. The van der Waals surface area contributed by atoms with Gasteiger partial charge in [-0.25, -0.2) is 0 Å². The topological polar surface area (TPSA) is 49.3 Å². The van der Waals surface area contributed by atoms with Crippen LogP contribution in [-0.2, 0) is 4.79 Å². The van der Waals surface area contributed by atoms with E-state index in [-0.39, 0.29) is 18.4 Å². The van der Waals surface area contributed by atoms with Gasteiger partial charge in [0, 0.05) is 23.6 Å². The van der Waals surface area contributed by atoms with Crippen LogP contribution in [0.1, 0.15) is 36.8 Å². The monoisotopic (exact) mass is 257 g/mol. The highest BCUT2D eigenvalue weighted by molar-refractivity contribution is 5.93. The molecule has 0 unspecified atom stereocenters. The van der Waals surface area contributed by atoms with Crippen LogP contribution in [0, 0.1) is 24.7 Å². The van der Waals surface area contributed by atoms with Crippen molar-refractivity contribution < 1.29 is 9.90 Å². The normalized spacial score (nSPS) is 14.2. The average Bonchev–Trinajstić information content (AvgIpc) is 2.31. The zero-order valence-electron chi connectivity index (χ0n) is 11.2. The van der Waals surface area contributed by atoms with Crippen LogP contribution in [0.15, 0.2) is 18.2 Å². The molecule has 0 atom stereocenters. The molecule has 0 aromatic heterocycles. The van der Waals surface area contributed by atoms with E-state index in [0.29, 0.717) is 6.42 Å². The third kappa shape index (κ3) is 3.59. The Kier molecular flexibility index (Phi) is 4.59. The van der Waals surface area contributed by atoms with E-state index in [0.717, 1.165) is 36.1 Å². The number of hydrogen-bond acceptors (Lipinski definition) is 2. The summed E-state index contributed by atoms with van der Waals surface area (Å²) in [6.07, 6.45) is 3.63. The number of nitrogens with one attached hydrogen (secondary N) is 1. The molecule has 100 valence electrons. The van der Waals surface area contributed by atoms with E-state index < -0.39 is 0 Å². The Morgan fingerprint density at radius 3 is 2.89 bits per heavy atom. The van der Waals surface area contributed by atoms with Crippen LogP contribution in [0.5, 0.6) is 0 Å². The summed E-state index contributed by atoms with van der Waals surface area (Å²) in [5.41, 5.74) is 2.78. The van der Waals surface area contributed by atoms with Gasteiger partial charge in [0.05, 0.1) is 6.61 Å². The molecule has 2 rings (SSSR count). The van der Waals surface area contributed by atoms with Crippen LogP contribution < -0.4 is 5.32 Å². The van der Waals surface area contributed by atoms with Crippen molar-refractivity contribution in [2.45, 2.75) is 32.6 Å². The fraction of sp³-hybridized carbons (Fsp3) is 0.438. The molecule has 3 heteroatoms. The third-order valence-corrected chi connectivity index (χ3v) is 3.44. The molecule has 1 aromatic rings. The largest absolute Gasteiger partial charge is 0.395 e. The molecule has 1 amide bonds. The Bertz CT molecular complexity index is 521. The molecule has 2 N–H and O–H groups in total. The lowest BCUT2D eigenvalue weighted by molar-refractivity contribution is -0.122. The van der Waals surface area contributed by atoms with Crippen LogP contribution in [-0.4, -0.2) is 17.6 Å². The quantitative estimate of drug-likeness (QED) is 0.817. The maximum Gasteiger partial charge on any atom is 0.227 e. The summed E-state index contributed by atoms with van der Waals surface area (Å²) in [6, 6.07) is 5.76. The summed E-state index contributed by atoms with van der Waals surface area (Å²) in [4.78, 5) is 11.9. The number of hydrogen-bond donors (Lipinski definition) is 2. The highest BCUT2D eigenvalue weighted by atomic mass is 16.2. The summed E-state index contributed by atoms with van der Waals surface area (Å²) < 4.78 is 0. The molecule has 0 aliphatic heterocycles. The van der Waals surface area contributed by atoms with E-state index in [9.17, 15) is 4.79 Å². The molecule has 1 aromatic carbocycles. The highest BCUT2D eigenvalue weighted by Crippen LogP contribution is 2.27. The number of aliphatic hydroxyl groups is 1. The van der Waals surface area contributed by atoms with Crippen LogP contribution in [0.25, 0.3) is 0 Å². The maximum atomic E-state index is 11.9. The van der Waals surface area contributed by atoms with E-state index in [4.69, 9.17) is 5.11 Å². The van der Waals surface area contributed by atoms with E-state index in [2.05, 4.69) is 17.2 Å². The minimum Gasteiger partial charge on any atom is -0.395 e. The lowest BCUT2D eigenvalue weighted by atomic mass is 9.85. The summed E-state index contributed by atoms with van der Waals surface area (Å²) >= 11 is 0. The fourth-order valence-electron chi connectivity index (χ4n) is 1.96. The van der Waals surface area contributed by atoms with Gasteiger partial charge in [-0.3, -0.25) is 4.79 Å². The summed E-state index contributed by atoms with van der Waals surface area (Å²) in [6.45, 7) is 2.06. The molecule has 0 bridgehead atoms. The van der Waals surface area contributed by atoms with Crippen molar-refractivity contribution >= 4 is 11.6 Å². The molecule has 0 radical (unpaired) electrons. The average molecular weight is 257 g/mol. The van der Waals surface area contributed by atoms with Crippen molar-refractivity contribution in [1.29, 1.82) is 0 Å². The Labute approximate surface area is 114 Å². The first-order valence-electron chi connectivity index (χ1n) is 6.72. The van der Waals surface area contributed by atoms with Gasteiger partial charge in [0.1, 0.15) is 0 Å². The second kappa shape index (κ2) is 6.40. The summed E-state index contributed by atoms with van der Waals surface area (Å²) in [5, 5.41) is 11.7. The number of aryl methyl sites for hydroxylation is 1. The van der Waals surface area contributed by atoms with Gasteiger partial charge in [-0.15, -0.1) is 0 Å². The molecule has 3 nitrogen and oxygen atoms in total. The Balaban J connectivity index is 2.07. The fourth-order valence-corrected chi connectivity index (χ4v) is 1.96. The van der Waals surface area contributed by atoms with Crippen molar-refractivity contribution in [3.05, 3.63) is 29.3 Å². The van der Waals surface area contributed by atoms with Gasteiger partial charge in [0.2, 0.25) is 5.91 Å². The second-order valence-corrected chi connectivity index (χ2v) is 4.92. The number of amides is 1. The van der Waals surface area contributed by atoms with Gasteiger partial charge in [0.15, 0.2) is 0 Å². The smallest absolute Gasteiger partial charge is 0.227 e. The van der Waals surface area contributed by atoms with E-state index in [1.54, 1.807) is 0 Å². The number of anilines is 1. The lowest BCUT2D eigenvalue weighted by Crippen LogP contribution is -2.28. The Hall–Kier alpha value is -1.79. The third-order valence-electron chi connectivity index (χ3n) is 3.44. The molecular weight excluding hydrogens is 238 g/mol. The number of carbonyl (C=O) groups is 1. The van der Waals surface area contributed by atoms with Crippen LogP contribution in [0.4, 0.5) is 5.69 Å². The van der Waals surface area contributed by atoms with Crippen LogP contribution >= 0.6 is 0 Å². The van der Waals surface area contributed by atoms with Crippen molar-refractivity contribution in [2.75, 3.05) is 11.9 Å². The number of rotatable bonds is 3. The Morgan fingerprint density at radius 1 is 1.47 bits per heavy atom. The van der Waals surface area contributed by atoms with Gasteiger partial charge >= 0.3 is 0 Å². The first-order valence-corrected chi connectivity index (χ1v) is 6.72. The maximum absolute atomic E-state index is 11.9. The lowest BCUT2D eigenvalue weighted by Gasteiger charge is -2.24. The van der Waals surface area contributed by atoms with Crippen LogP contribution in [0.3, 0.4) is 0 Å². The zero-order chi connectivity index (χ0) is 13.7. The van der Waals surface area contributed by atoms with Gasteiger partial charge in [-0.2, -0.15) is 0 Å². The standard InChI is InChI=1S/C16H19NO2/c1-12-8-9-15(11-14(12)5-2-3-10-18)17-16(19)13-6-4-7-13/h8-9,11,13,18H,3-4,6-7,10H2,1H3,(H,17,19). The number of carbonyl (C=O) groups excluding carboxylic acids is 1. The molecule has 0 saturated heterocycles. The van der Waals surface area contributed by atoms with Crippen molar-refractivity contribution in [3.63, 3.8) is 0 Å². The minimum atomic E-state index is 0.0736. The van der Waals surface area contributed by atoms with Gasteiger partial charge in [0.25, 0.3) is 0 Å². The minimum absolute atomic E-state index is 0.0736. The number of benzene rings is 1. The summed E-state index contributed by atoms with van der Waals surface area (Å²) in [5.74, 6) is 6.23. The summed E-state index contributed by atoms with van der Waals surface area (Å²) in [7, 11) is 0. The predicted octanol–water partition coefficient (Wildman–Crippen LogP) is 2.47. The Morgan fingerprint density at radius 2 is 2.26 bits per heavy atom. The van der Waals surface area contributed by atoms with Gasteiger partial charge in [-0.05, 0) is 37.5 Å². The first kappa shape index (κ1) is 13.6. The molecule has 19 heavy (non-hydrogen) atoms. The highest BCUT2D eigenvalue weighted by Gasteiger charge is 2.25. The van der Waals surface area contributed by atoms with E-state index in [1.165, 1.54) is 0 Å². The molecular formula is C16H19NO2. The molecule has 0 spiro atoms. The SMILES string of the molecule is Cc1ccc(NC(=O)C2CCC2)cc1C#CCCO. The molecule has 0 heterocycles. The molecule has 1 aliphatic carbocycles. The van der Waals surface area contributed by atoms with Gasteiger partial charge in [-0.1, -0.05) is 24.3 Å². The van der Waals surface area contributed by atoms with E-state index >= 15 is 0 Å².